The summed E-state index contributed by atoms with van der Waals surface area (Å²) >= 11 is 0. The van der Waals surface area contributed by atoms with Gasteiger partial charge in [0.1, 0.15) is 24.2 Å². The number of benzene rings is 1. The van der Waals surface area contributed by atoms with Crippen LogP contribution in [0, 0.1) is 5.82 Å². The van der Waals surface area contributed by atoms with Gasteiger partial charge in [-0.1, -0.05) is 13.3 Å². The molecule has 0 bridgehead atoms. The maximum atomic E-state index is 13.2. The molecule has 112 valence electrons. The molecule has 1 amide bonds. The lowest BCUT2D eigenvalue weighted by atomic mass is 10.1. The molecule has 0 saturated carbocycles. The molecule has 1 atom stereocenters. The van der Waals surface area contributed by atoms with Gasteiger partial charge in [0.25, 0.3) is 5.91 Å². The van der Waals surface area contributed by atoms with Crippen LogP contribution in [0.1, 0.15) is 25.3 Å². The number of fused-ring (bicyclic) bond motifs is 1. The Balaban J connectivity index is 2.15. The van der Waals surface area contributed by atoms with Crippen LogP contribution in [0.3, 0.4) is 0 Å². The number of carbonyl (C=O) groups excluding carboxylic acids is 1. The van der Waals surface area contributed by atoms with E-state index in [4.69, 9.17) is 9.84 Å². The largest absolute Gasteiger partial charge is 0.488 e. The molecular formula is C15H16FNO4. The summed E-state index contributed by atoms with van der Waals surface area (Å²) in [6, 6.07) is 3.10. The Morgan fingerprint density at radius 2 is 2.24 bits per heavy atom. The molecule has 21 heavy (non-hydrogen) atoms. The van der Waals surface area contributed by atoms with Gasteiger partial charge in [-0.15, -0.1) is 0 Å². The van der Waals surface area contributed by atoms with E-state index in [-0.39, 0.29) is 12.2 Å². The third kappa shape index (κ3) is 3.59. The maximum Gasteiger partial charge on any atom is 0.326 e. The van der Waals surface area contributed by atoms with Crippen LogP contribution in [0.15, 0.2) is 23.8 Å². The Morgan fingerprint density at radius 3 is 2.90 bits per heavy atom. The molecule has 0 aromatic heterocycles. The first-order chi connectivity index (χ1) is 10.0. The highest BCUT2D eigenvalue weighted by Crippen LogP contribution is 2.27. The molecule has 5 nitrogen and oxygen atoms in total. The number of carboxylic acid groups (broad SMARTS) is 1. The average Bonchev–Trinajstić information content (AvgIpc) is 2.45. The quantitative estimate of drug-likeness (QED) is 0.870. The summed E-state index contributed by atoms with van der Waals surface area (Å²) in [5, 5.41) is 11.5. The minimum atomic E-state index is -1.08. The van der Waals surface area contributed by atoms with E-state index in [9.17, 15) is 14.0 Å². The lowest BCUT2D eigenvalue weighted by Crippen LogP contribution is -2.42. The van der Waals surface area contributed by atoms with E-state index in [1.807, 2.05) is 6.92 Å². The summed E-state index contributed by atoms with van der Waals surface area (Å²) in [5.41, 5.74) is 0.740. The molecule has 0 spiro atoms. The van der Waals surface area contributed by atoms with Gasteiger partial charge in [0.15, 0.2) is 0 Å². The van der Waals surface area contributed by atoms with Crippen molar-refractivity contribution in [2.75, 3.05) is 6.61 Å². The molecule has 0 aliphatic carbocycles. The Bertz CT molecular complexity index is 597. The number of carbonyl (C=O) groups is 2. The van der Waals surface area contributed by atoms with Gasteiger partial charge in [0, 0.05) is 5.56 Å². The standard InChI is InChI=1S/C15H16FNO4/c1-2-3-12(15(19)20)17-14(18)10-6-9-7-11(16)4-5-13(9)21-8-10/h4-7,12H,2-3,8H2,1H3,(H,17,18)(H,19,20). The van der Waals surface area contributed by atoms with Gasteiger partial charge in [-0.25, -0.2) is 9.18 Å². The molecule has 0 saturated heterocycles. The van der Waals surface area contributed by atoms with Crippen LogP contribution in [0.4, 0.5) is 4.39 Å². The highest BCUT2D eigenvalue weighted by Gasteiger charge is 2.23. The van der Waals surface area contributed by atoms with Crippen molar-refractivity contribution in [3.8, 4) is 5.75 Å². The topological polar surface area (TPSA) is 75.6 Å². The van der Waals surface area contributed by atoms with Gasteiger partial charge in [-0.05, 0) is 30.7 Å². The number of amides is 1. The van der Waals surface area contributed by atoms with Crippen LogP contribution in [-0.4, -0.2) is 29.6 Å². The van der Waals surface area contributed by atoms with E-state index in [0.717, 1.165) is 0 Å². The molecule has 1 unspecified atom stereocenters. The number of halogens is 1. The summed E-state index contributed by atoms with van der Waals surface area (Å²) in [6.07, 6.45) is 2.50. The fourth-order valence-corrected chi connectivity index (χ4v) is 2.08. The fourth-order valence-electron chi connectivity index (χ4n) is 2.08. The second-order valence-electron chi connectivity index (χ2n) is 4.79. The van der Waals surface area contributed by atoms with Gasteiger partial charge < -0.3 is 15.2 Å². The molecule has 6 heteroatoms. The van der Waals surface area contributed by atoms with Crippen LogP contribution in [0.2, 0.25) is 0 Å². The molecule has 1 aliphatic rings. The summed E-state index contributed by atoms with van der Waals surface area (Å²) in [7, 11) is 0. The van der Waals surface area contributed by atoms with Crippen molar-refractivity contribution in [1.82, 2.24) is 5.32 Å². The second kappa shape index (κ2) is 6.39. The molecular weight excluding hydrogens is 277 g/mol. The monoisotopic (exact) mass is 293 g/mol. The van der Waals surface area contributed by atoms with Crippen LogP contribution < -0.4 is 10.1 Å². The lowest BCUT2D eigenvalue weighted by molar-refractivity contribution is -0.141. The maximum absolute atomic E-state index is 13.2. The highest BCUT2D eigenvalue weighted by molar-refractivity contribution is 6.00. The number of ether oxygens (including phenoxy) is 1. The molecule has 0 fully saturated rings. The van der Waals surface area contributed by atoms with Crippen molar-refractivity contribution in [2.45, 2.75) is 25.8 Å². The SMILES string of the molecule is CCCC(NC(=O)C1=Cc2cc(F)ccc2OC1)C(=O)O. The smallest absolute Gasteiger partial charge is 0.326 e. The summed E-state index contributed by atoms with van der Waals surface area (Å²) < 4.78 is 18.5. The Hall–Kier alpha value is -2.37. The predicted octanol–water partition coefficient (Wildman–Crippen LogP) is 1.97. The van der Waals surface area contributed by atoms with Crippen molar-refractivity contribution in [1.29, 1.82) is 0 Å². The van der Waals surface area contributed by atoms with Crippen molar-refractivity contribution in [3.05, 3.63) is 35.2 Å². The van der Waals surface area contributed by atoms with Crippen molar-refractivity contribution >= 4 is 18.0 Å². The van der Waals surface area contributed by atoms with Crippen molar-refractivity contribution in [3.63, 3.8) is 0 Å². The van der Waals surface area contributed by atoms with Crippen LogP contribution in [0.5, 0.6) is 5.75 Å². The highest BCUT2D eigenvalue weighted by atomic mass is 19.1. The normalized spacial score (nSPS) is 14.5. The van der Waals surface area contributed by atoms with E-state index < -0.39 is 23.7 Å². The van der Waals surface area contributed by atoms with Gasteiger partial charge in [-0.3, -0.25) is 4.79 Å². The summed E-state index contributed by atoms with van der Waals surface area (Å²) in [4.78, 5) is 23.1. The van der Waals surface area contributed by atoms with Gasteiger partial charge >= 0.3 is 5.97 Å². The first kappa shape index (κ1) is 15.0. The van der Waals surface area contributed by atoms with Crippen molar-refractivity contribution < 1.29 is 23.8 Å². The number of aliphatic carboxylic acids is 1. The Labute approximate surface area is 121 Å². The van der Waals surface area contributed by atoms with Gasteiger partial charge in [-0.2, -0.15) is 0 Å². The number of rotatable bonds is 5. The van der Waals surface area contributed by atoms with E-state index in [1.54, 1.807) is 0 Å². The van der Waals surface area contributed by atoms with Gasteiger partial charge in [0.05, 0.1) is 5.57 Å². The molecule has 1 aromatic rings. The minimum Gasteiger partial charge on any atom is -0.488 e. The first-order valence-electron chi connectivity index (χ1n) is 6.68. The number of hydrogen-bond donors (Lipinski definition) is 2. The van der Waals surface area contributed by atoms with E-state index in [0.29, 0.717) is 24.2 Å². The zero-order valence-electron chi connectivity index (χ0n) is 11.6. The molecule has 1 aromatic carbocycles. The van der Waals surface area contributed by atoms with Crippen LogP contribution >= 0.6 is 0 Å². The summed E-state index contributed by atoms with van der Waals surface area (Å²) in [6.45, 7) is 1.87. The zero-order valence-corrected chi connectivity index (χ0v) is 11.6. The Morgan fingerprint density at radius 1 is 1.48 bits per heavy atom. The first-order valence-corrected chi connectivity index (χ1v) is 6.68. The third-order valence-corrected chi connectivity index (χ3v) is 3.16. The Kier molecular flexibility index (Phi) is 4.57. The third-order valence-electron chi connectivity index (χ3n) is 3.16. The lowest BCUT2D eigenvalue weighted by Gasteiger charge is -2.19. The van der Waals surface area contributed by atoms with E-state index >= 15 is 0 Å². The average molecular weight is 293 g/mol. The number of nitrogens with one attached hydrogen (secondary N) is 1. The summed E-state index contributed by atoms with van der Waals surface area (Å²) in [5.74, 6) is -1.51. The molecule has 0 radical (unpaired) electrons. The predicted molar refractivity (Wildman–Crippen MR) is 74.3 cm³/mol. The van der Waals surface area contributed by atoms with E-state index in [1.165, 1.54) is 24.3 Å². The fraction of sp³-hybridized carbons (Fsp3) is 0.333. The minimum absolute atomic E-state index is 0.0307. The van der Waals surface area contributed by atoms with E-state index in [2.05, 4.69) is 5.32 Å². The van der Waals surface area contributed by atoms with Crippen LogP contribution in [-0.2, 0) is 9.59 Å². The van der Waals surface area contributed by atoms with Gasteiger partial charge in [0.2, 0.25) is 0 Å². The van der Waals surface area contributed by atoms with Crippen LogP contribution in [0.25, 0.3) is 6.08 Å². The second-order valence-corrected chi connectivity index (χ2v) is 4.79. The number of hydrogen-bond acceptors (Lipinski definition) is 3. The molecule has 2 rings (SSSR count). The number of carboxylic acids is 1. The molecule has 1 heterocycles. The van der Waals surface area contributed by atoms with Crippen molar-refractivity contribution in [2.24, 2.45) is 0 Å². The zero-order chi connectivity index (χ0) is 15.4. The molecule has 2 N–H and O–H groups in total. The molecule has 1 aliphatic heterocycles.